The van der Waals surface area contributed by atoms with Gasteiger partial charge in [-0.2, -0.15) is 0 Å². The second kappa shape index (κ2) is 6.83. The van der Waals surface area contributed by atoms with E-state index in [0.29, 0.717) is 5.84 Å². The van der Waals surface area contributed by atoms with Crippen molar-refractivity contribution in [3.63, 3.8) is 0 Å². The van der Waals surface area contributed by atoms with Crippen molar-refractivity contribution in [2.24, 2.45) is 4.99 Å². The zero-order valence-corrected chi connectivity index (χ0v) is 14.8. The smallest absolute Gasteiger partial charge is 0.281 e. The van der Waals surface area contributed by atoms with Crippen LogP contribution in [0.5, 0.6) is 0 Å². The highest BCUT2D eigenvalue weighted by atomic mass is 16.6. The minimum atomic E-state index is -0.562. The molecule has 1 aliphatic heterocycles. The number of aliphatic imine (C=N–C) groups is 1. The van der Waals surface area contributed by atoms with E-state index in [1.807, 2.05) is 18.2 Å². The summed E-state index contributed by atoms with van der Waals surface area (Å²) in [4.78, 5) is 28.0. The molecule has 2 N–H and O–H groups in total. The molecule has 0 atom stereocenters. The van der Waals surface area contributed by atoms with E-state index >= 15 is 0 Å². The van der Waals surface area contributed by atoms with E-state index in [0.717, 1.165) is 37.7 Å². The van der Waals surface area contributed by atoms with E-state index in [-0.39, 0.29) is 16.8 Å². The van der Waals surface area contributed by atoms with Crippen molar-refractivity contribution < 1.29 is 9.72 Å². The van der Waals surface area contributed by atoms with Crippen LogP contribution in [0.15, 0.2) is 53.5 Å². The number of nitrogens with one attached hydrogen (secondary N) is 2. The van der Waals surface area contributed by atoms with E-state index in [1.54, 1.807) is 6.07 Å². The Morgan fingerprint density at radius 1 is 1.07 bits per heavy atom. The second-order valence-electron chi connectivity index (χ2n) is 7.08. The van der Waals surface area contributed by atoms with Gasteiger partial charge in [0.15, 0.2) is 0 Å². The Morgan fingerprint density at radius 2 is 1.78 bits per heavy atom. The Balaban J connectivity index is 1.59. The number of hydrazine groups is 1. The molecule has 138 valence electrons. The zero-order chi connectivity index (χ0) is 18.9. The van der Waals surface area contributed by atoms with Crippen LogP contribution in [0.25, 0.3) is 0 Å². The van der Waals surface area contributed by atoms with Gasteiger partial charge in [-0.25, -0.2) is 0 Å². The number of benzene rings is 2. The second-order valence-corrected chi connectivity index (χ2v) is 7.08. The van der Waals surface area contributed by atoms with Gasteiger partial charge in [0.2, 0.25) is 0 Å². The number of carbonyl (C=O) groups excluding carboxylic acids is 1. The minimum Gasteiger partial charge on any atom is -0.281 e. The lowest BCUT2D eigenvalue weighted by Crippen LogP contribution is -2.46. The van der Waals surface area contributed by atoms with Crippen molar-refractivity contribution >= 4 is 17.4 Å². The Kier molecular flexibility index (Phi) is 4.35. The van der Waals surface area contributed by atoms with Crippen molar-refractivity contribution in [1.82, 2.24) is 10.9 Å². The Morgan fingerprint density at radius 3 is 2.56 bits per heavy atom. The molecule has 1 heterocycles. The summed E-state index contributed by atoms with van der Waals surface area (Å²) in [5, 5.41) is 11.1. The summed E-state index contributed by atoms with van der Waals surface area (Å²) < 4.78 is 0. The number of hydrogen-bond acceptors (Lipinski definition) is 5. The lowest BCUT2D eigenvalue weighted by molar-refractivity contribution is -0.385. The maximum atomic E-state index is 12.5. The number of fused-ring (bicyclic) bond motifs is 1. The van der Waals surface area contributed by atoms with Gasteiger partial charge < -0.3 is 0 Å². The van der Waals surface area contributed by atoms with Gasteiger partial charge in [-0.05, 0) is 30.9 Å². The fourth-order valence-electron chi connectivity index (χ4n) is 4.02. The number of amidine groups is 1. The maximum Gasteiger partial charge on any atom is 0.282 e. The van der Waals surface area contributed by atoms with Gasteiger partial charge in [0, 0.05) is 11.6 Å². The van der Waals surface area contributed by atoms with Crippen LogP contribution in [0.3, 0.4) is 0 Å². The summed E-state index contributed by atoms with van der Waals surface area (Å²) in [5.41, 5.74) is 7.34. The molecule has 2 aromatic carbocycles. The SMILES string of the molecule is O=C(NNC1=NC2(CCCC2)Cc2ccccc21)c1ccccc1[N+](=O)[O-]. The minimum absolute atomic E-state index is 0.00951. The third-order valence-corrected chi connectivity index (χ3v) is 5.32. The fraction of sp³-hybridized carbons (Fsp3) is 0.300. The van der Waals surface area contributed by atoms with E-state index in [9.17, 15) is 14.9 Å². The van der Waals surface area contributed by atoms with Crippen LogP contribution in [0.4, 0.5) is 5.69 Å². The number of carbonyl (C=O) groups is 1. The number of para-hydroxylation sites is 1. The first-order valence-corrected chi connectivity index (χ1v) is 9.06. The van der Waals surface area contributed by atoms with Crippen LogP contribution in [0, 0.1) is 10.1 Å². The first-order chi connectivity index (χ1) is 13.1. The molecule has 1 fully saturated rings. The van der Waals surface area contributed by atoms with E-state index < -0.39 is 10.8 Å². The number of nitro benzene ring substituents is 1. The third-order valence-electron chi connectivity index (χ3n) is 5.32. The topological polar surface area (TPSA) is 96.6 Å². The highest BCUT2D eigenvalue weighted by molar-refractivity contribution is 6.04. The van der Waals surface area contributed by atoms with Crippen molar-refractivity contribution in [2.75, 3.05) is 0 Å². The molecule has 0 unspecified atom stereocenters. The summed E-state index contributed by atoms with van der Waals surface area (Å²) in [6.45, 7) is 0. The molecule has 2 aromatic rings. The largest absolute Gasteiger partial charge is 0.282 e. The Hall–Kier alpha value is -3.22. The third kappa shape index (κ3) is 3.28. The van der Waals surface area contributed by atoms with E-state index in [1.165, 1.54) is 23.8 Å². The van der Waals surface area contributed by atoms with Gasteiger partial charge in [-0.1, -0.05) is 49.2 Å². The van der Waals surface area contributed by atoms with Crippen molar-refractivity contribution in [3.05, 3.63) is 75.3 Å². The monoisotopic (exact) mass is 364 g/mol. The van der Waals surface area contributed by atoms with Crippen LogP contribution in [0.1, 0.15) is 47.2 Å². The highest BCUT2D eigenvalue weighted by Gasteiger charge is 2.38. The molecular formula is C20H20N4O3. The maximum absolute atomic E-state index is 12.5. The number of rotatable bonds is 2. The highest BCUT2D eigenvalue weighted by Crippen LogP contribution is 2.39. The molecule has 1 aliphatic carbocycles. The molecule has 2 aliphatic rings. The number of hydrogen-bond donors (Lipinski definition) is 2. The molecule has 0 bridgehead atoms. The van der Waals surface area contributed by atoms with Crippen molar-refractivity contribution in [3.8, 4) is 0 Å². The molecule has 0 radical (unpaired) electrons. The number of amides is 1. The Bertz CT molecular complexity index is 932. The van der Waals surface area contributed by atoms with Crippen LogP contribution in [-0.2, 0) is 6.42 Å². The Labute approximate surface area is 156 Å². The molecule has 0 saturated heterocycles. The average molecular weight is 364 g/mol. The lowest BCUT2D eigenvalue weighted by Gasteiger charge is -2.32. The van der Waals surface area contributed by atoms with Crippen LogP contribution in [0.2, 0.25) is 0 Å². The predicted octanol–water partition coefficient (Wildman–Crippen LogP) is 3.14. The van der Waals surface area contributed by atoms with Crippen LogP contribution < -0.4 is 10.9 Å². The van der Waals surface area contributed by atoms with Crippen molar-refractivity contribution in [1.29, 1.82) is 0 Å². The lowest BCUT2D eigenvalue weighted by atomic mass is 9.84. The molecular weight excluding hydrogens is 344 g/mol. The van der Waals surface area contributed by atoms with Gasteiger partial charge in [0.1, 0.15) is 11.4 Å². The number of nitrogens with zero attached hydrogens (tertiary/aromatic N) is 2. The van der Waals surface area contributed by atoms with Gasteiger partial charge in [-0.3, -0.25) is 30.8 Å². The quantitative estimate of drug-likeness (QED) is 0.632. The average Bonchev–Trinajstić information content (AvgIpc) is 3.13. The molecule has 4 rings (SSSR count). The van der Waals surface area contributed by atoms with Gasteiger partial charge in [0.05, 0.1) is 10.5 Å². The standard InChI is InChI=1S/C20H20N4O3/c25-19(16-9-3-4-10-17(16)24(26)27)23-22-18-15-8-2-1-7-14(15)13-20(21-18)11-5-6-12-20/h1-4,7-10H,5-6,11-13H2,(H,21,22)(H,23,25). The predicted molar refractivity (Wildman–Crippen MR) is 102 cm³/mol. The summed E-state index contributed by atoms with van der Waals surface area (Å²) in [7, 11) is 0. The van der Waals surface area contributed by atoms with Crippen molar-refractivity contribution in [2.45, 2.75) is 37.6 Å². The summed E-state index contributed by atoms with van der Waals surface area (Å²) in [6.07, 6.45) is 5.28. The van der Waals surface area contributed by atoms with E-state index in [4.69, 9.17) is 4.99 Å². The van der Waals surface area contributed by atoms with E-state index in [2.05, 4.69) is 16.9 Å². The van der Waals surface area contributed by atoms with Crippen LogP contribution >= 0.6 is 0 Å². The normalized spacial score (nSPS) is 17.1. The number of nitro groups is 1. The first kappa shape index (κ1) is 17.2. The van der Waals surface area contributed by atoms with Crippen LogP contribution in [-0.4, -0.2) is 22.2 Å². The molecule has 7 heteroatoms. The van der Waals surface area contributed by atoms with Gasteiger partial charge in [0.25, 0.3) is 11.6 Å². The molecule has 1 spiro atoms. The summed E-state index contributed by atoms with van der Waals surface area (Å²) >= 11 is 0. The fourth-order valence-corrected chi connectivity index (χ4v) is 4.02. The first-order valence-electron chi connectivity index (χ1n) is 9.06. The van der Waals surface area contributed by atoms with Gasteiger partial charge >= 0.3 is 0 Å². The molecule has 0 aromatic heterocycles. The molecule has 1 amide bonds. The molecule has 27 heavy (non-hydrogen) atoms. The zero-order valence-electron chi connectivity index (χ0n) is 14.8. The summed E-state index contributed by atoms with van der Waals surface area (Å²) in [5.74, 6) is 0.0548. The summed E-state index contributed by atoms with van der Waals surface area (Å²) in [6, 6.07) is 13.9. The molecule has 1 saturated carbocycles. The molecule has 7 nitrogen and oxygen atoms in total. The van der Waals surface area contributed by atoms with Gasteiger partial charge in [-0.15, -0.1) is 0 Å².